The van der Waals surface area contributed by atoms with Gasteiger partial charge in [0, 0.05) is 42.6 Å². The van der Waals surface area contributed by atoms with Crippen molar-refractivity contribution in [1.82, 2.24) is 14.8 Å². The highest BCUT2D eigenvalue weighted by Gasteiger charge is 2.41. The number of hydrogen-bond acceptors (Lipinski definition) is 9. The lowest BCUT2D eigenvalue weighted by molar-refractivity contribution is -0.907. The van der Waals surface area contributed by atoms with E-state index in [1.54, 1.807) is 25.1 Å². The van der Waals surface area contributed by atoms with Gasteiger partial charge in [0.25, 0.3) is 0 Å². The number of benzene rings is 2. The van der Waals surface area contributed by atoms with Gasteiger partial charge in [0.2, 0.25) is 5.95 Å². The first kappa shape index (κ1) is 34.9. The molecule has 2 aromatic carbocycles. The van der Waals surface area contributed by atoms with Gasteiger partial charge in [0.05, 0.1) is 50.5 Å². The number of nitrogens with zero attached hydrogens (tertiary/aromatic N) is 5. The van der Waals surface area contributed by atoms with E-state index in [1.165, 1.54) is 28.7 Å². The lowest BCUT2D eigenvalue weighted by Crippen LogP contribution is -2.44. The molecule has 3 heterocycles. The van der Waals surface area contributed by atoms with Crippen LogP contribution in [0.2, 0.25) is 0 Å². The van der Waals surface area contributed by atoms with Gasteiger partial charge in [-0.3, -0.25) is 4.90 Å². The molecule has 15 heteroatoms. The number of nitriles is 1. The number of allylic oxidation sites excluding steroid dienone is 1. The van der Waals surface area contributed by atoms with Gasteiger partial charge in [-0.1, -0.05) is 12.1 Å². The summed E-state index contributed by atoms with van der Waals surface area (Å²) in [5.74, 6) is -0.293. The first-order valence-electron chi connectivity index (χ1n) is 14.7. The maximum Gasteiger partial charge on any atom is 0.416 e. The summed E-state index contributed by atoms with van der Waals surface area (Å²) in [5, 5.41) is 24.6. The number of methoxy groups -OCH3 is 1. The second-order valence-corrected chi connectivity index (χ2v) is 11.9. The third-order valence-electron chi connectivity index (χ3n) is 8.24. The lowest BCUT2D eigenvalue weighted by Gasteiger charge is -2.38. The predicted octanol–water partition coefficient (Wildman–Crippen LogP) is 3.02. The minimum Gasteiger partial charge on any atom is -0.554 e. The van der Waals surface area contributed by atoms with Crippen molar-refractivity contribution in [2.45, 2.75) is 38.5 Å². The molecule has 12 nitrogen and oxygen atoms in total. The van der Waals surface area contributed by atoms with E-state index in [-0.39, 0.29) is 22.9 Å². The Morgan fingerprint density at radius 2 is 1.91 bits per heavy atom. The van der Waals surface area contributed by atoms with Crippen LogP contribution in [-0.2, 0) is 31.8 Å². The molecule has 0 saturated carbocycles. The summed E-state index contributed by atoms with van der Waals surface area (Å²) in [6.45, 7) is 3.83. The van der Waals surface area contributed by atoms with Crippen LogP contribution in [0.15, 0.2) is 58.5 Å². The molecule has 0 spiro atoms. The molecule has 1 saturated heterocycles. The van der Waals surface area contributed by atoms with Gasteiger partial charge in [0.15, 0.2) is 0 Å². The number of carboxylic acid groups (broad SMARTS) is 1. The van der Waals surface area contributed by atoms with Crippen LogP contribution < -0.4 is 15.7 Å². The van der Waals surface area contributed by atoms with Crippen LogP contribution in [-0.4, -0.2) is 72.7 Å². The van der Waals surface area contributed by atoms with Crippen molar-refractivity contribution in [3.8, 4) is 6.07 Å². The Balaban J connectivity index is 0.00000160. The fraction of sp³-hybridized carbons (Fsp3) is 0.406. The Bertz CT molecular complexity index is 1750. The second kappa shape index (κ2) is 14.2. The van der Waals surface area contributed by atoms with Crippen molar-refractivity contribution in [3.63, 3.8) is 0 Å². The van der Waals surface area contributed by atoms with Gasteiger partial charge in [-0.2, -0.15) is 18.4 Å². The number of rotatable bonds is 7. The minimum atomic E-state index is -4.62. The van der Waals surface area contributed by atoms with Gasteiger partial charge in [-0.25, -0.2) is 19.3 Å². The number of fused-ring (bicyclic) bond motifs is 1. The molecule has 3 aromatic rings. The van der Waals surface area contributed by atoms with Gasteiger partial charge in [-0.05, 0) is 55.7 Å². The number of H-pyrrole nitrogens is 1. The van der Waals surface area contributed by atoms with E-state index >= 15 is 0 Å². The first-order valence-corrected chi connectivity index (χ1v) is 14.7. The zero-order valence-corrected chi connectivity index (χ0v) is 26.3. The molecular formula is C32H35F3N6O6. The van der Waals surface area contributed by atoms with E-state index in [4.69, 9.17) is 19.4 Å². The number of carbonyl (C=O) groups excluding carboxylic acids is 2. The van der Waals surface area contributed by atoms with E-state index in [9.17, 15) is 28.0 Å². The van der Waals surface area contributed by atoms with Gasteiger partial charge in [-0.15, -0.1) is 5.10 Å². The molecule has 1 atom stereocenters. The van der Waals surface area contributed by atoms with Crippen molar-refractivity contribution in [3.05, 3.63) is 86.5 Å². The molecule has 1 fully saturated rings. The molecule has 47 heavy (non-hydrogen) atoms. The molecule has 2 aliphatic rings. The molecule has 250 valence electrons. The Morgan fingerprint density at radius 1 is 1.23 bits per heavy atom. The highest BCUT2D eigenvalue weighted by Crippen LogP contribution is 2.44. The van der Waals surface area contributed by atoms with Gasteiger partial charge in [0.1, 0.15) is 12.6 Å². The molecule has 1 N–H and O–H groups in total. The van der Waals surface area contributed by atoms with E-state index in [0.717, 1.165) is 37.1 Å². The summed E-state index contributed by atoms with van der Waals surface area (Å²) in [7, 11) is 5.38. The summed E-state index contributed by atoms with van der Waals surface area (Å²) >= 11 is 0. The number of ether oxygens (including phenoxy) is 2. The number of halogens is 3. The standard InChI is InChI=1S/C31H33F3N6O4.CH2O2/c1-19-26(28(41)43-4)27(39-29(36-37-30(39)42)38(19)24-7-5-6-23(15-24)31(32,33)34)25-9-8-21(16-35)14-22(25)18-40(2,3)17-20-10-12-44-13-11-20;2-1-3/h5-9,14-15,20,27H,10-13,17-18H2,1-4H3;1H,(H,2,3). The monoisotopic (exact) mass is 656 g/mol. The fourth-order valence-electron chi connectivity index (χ4n) is 6.31. The number of anilines is 2. The molecule has 5 rings (SSSR count). The average molecular weight is 657 g/mol. The SMILES string of the molecule is COC(=O)C1=C(C)N(c2cccc(C(F)(F)F)c2)c2n[nH]c(=O)n2C1c1ccc(C#N)cc1C[N+](C)(C)CC1CCOCC1.O=C[O-]. The number of aromatic nitrogens is 3. The maximum atomic E-state index is 13.7. The zero-order chi connectivity index (χ0) is 34.5. The van der Waals surface area contributed by atoms with Crippen LogP contribution in [0.1, 0.15) is 48.1 Å². The molecule has 1 unspecified atom stereocenters. The van der Waals surface area contributed by atoms with E-state index < -0.39 is 35.9 Å². The second-order valence-electron chi connectivity index (χ2n) is 11.9. The van der Waals surface area contributed by atoms with Gasteiger partial charge < -0.3 is 23.9 Å². The van der Waals surface area contributed by atoms with E-state index in [0.29, 0.717) is 41.3 Å². The Kier molecular flexibility index (Phi) is 10.6. The molecular weight excluding hydrogens is 621 g/mol. The molecule has 0 radical (unpaired) electrons. The normalized spacial score (nSPS) is 16.9. The molecule has 0 amide bonds. The third-order valence-corrected chi connectivity index (χ3v) is 8.24. The summed E-state index contributed by atoms with van der Waals surface area (Å²) < 4.78 is 53.5. The number of carbonyl (C=O) groups is 2. The van der Waals surface area contributed by atoms with Crippen molar-refractivity contribution >= 4 is 24.1 Å². The van der Waals surface area contributed by atoms with Crippen LogP contribution in [0, 0.1) is 17.2 Å². The van der Waals surface area contributed by atoms with Crippen molar-refractivity contribution < 1.29 is 41.8 Å². The van der Waals surface area contributed by atoms with Crippen LogP contribution in [0.4, 0.5) is 24.8 Å². The molecule has 2 aliphatic heterocycles. The van der Waals surface area contributed by atoms with Crippen LogP contribution in [0.3, 0.4) is 0 Å². The number of hydrogen-bond donors (Lipinski definition) is 1. The quantitative estimate of drug-likeness (QED) is 0.230. The van der Waals surface area contributed by atoms with Crippen LogP contribution in [0.25, 0.3) is 0 Å². The minimum absolute atomic E-state index is 0.00995. The summed E-state index contributed by atoms with van der Waals surface area (Å²) in [6, 6.07) is 10.8. The number of quaternary nitrogens is 1. The highest BCUT2D eigenvalue weighted by molar-refractivity contribution is 5.93. The largest absolute Gasteiger partial charge is 0.554 e. The van der Waals surface area contributed by atoms with Gasteiger partial charge >= 0.3 is 17.8 Å². The Morgan fingerprint density at radius 3 is 2.53 bits per heavy atom. The number of aromatic amines is 1. The Hall–Kier alpha value is -4.94. The number of nitrogens with one attached hydrogen (secondary N) is 1. The van der Waals surface area contributed by atoms with Crippen LogP contribution in [0.5, 0.6) is 0 Å². The molecule has 1 aromatic heterocycles. The molecule has 0 bridgehead atoms. The summed E-state index contributed by atoms with van der Waals surface area (Å²) in [4.78, 5) is 36.5. The first-order chi connectivity index (χ1) is 22.3. The molecule has 0 aliphatic carbocycles. The topological polar surface area (TPSA) is 153 Å². The Labute approximate surface area is 268 Å². The van der Waals surface area contributed by atoms with Crippen molar-refractivity contribution in [2.75, 3.05) is 45.9 Å². The van der Waals surface area contributed by atoms with E-state index in [1.807, 2.05) is 0 Å². The highest BCUT2D eigenvalue weighted by atomic mass is 19.4. The van der Waals surface area contributed by atoms with E-state index in [2.05, 4.69) is 30.4 Å². The average Bonchev–Trinajstić information content (AvgIpc) is 3.40. The zero-order valence-electron chi connectivity index (χ0n) is 26.3. The van der Waals surface area contributed by atoms with Crippen molar-refractivity contribution in [1.29, 1.82) is 5.26 Å². The summed E-state index contributed by atoms with van der Waals surface area (Å²) in [6.07, 6.45) is -2.72. The van der Waals surface area contributed by atoms with Crippen molar-refractivity contribution in [2.24, 2.45) is 5.92 Å². The maximum absolute atomic E-state index is 13.7. The fourth-order valence-corrected chi connectivity index (χ4v) is 6.31. The number of alkyl halides is 3. The third kappa shape index (κ3) is 7.55. The lowest BCUT2D eigenvalue weighted by atomic mass is 9.89. The smallest absolute Gasteiger partial charge is 0.416 e. The predicted molar refractivity (Wildman–Crippen MR) is 161 cm³/mol. The number of esters is 1. The van der Waals surface area contributed by atoms with Crippen LogP contribution >= 0.6 is 0 Å². The summed E-state index contributed by atoms with van der Waals surface area (Å²) in [5.41, 5.74) is 0.542.